The van der Waals surface area contributed by atoms with Crippen LogP contribution in [0.5, 0.6) is 0 Å². The van der Waals surface area contributed by atoms with Gasteiger partial charge in [0, 0.05) is 23.1 Å². The molecule has 0 aliphatic carbocycles. The topological polar surface area (TPSA) is 41.8 Å². The fraction of sp³-hybridized carbons (Fsp3) is 0.200. The predicted octanol–water partition coefficient (Wildman–Crippen LogP) is 2.33. The van der Waals surface area contributed by atoms with Gasteiger partial charge in [0.25, 0.3) is 0 Å². The van der Waals surface area contributed by atoms with Crippen molar-refractivity contribution < 1.29 is 4.39 Å². The lowest BCUT2D eigenvalue weighted by Gasteiger charge is -2.01. The largest absolute Gasteiger partial charge is 0.361 e. The summed E-state index contributed by atoms with van der Waals surface area (Å²) < 4.78 is 12.8. The molecular formula is C10H11FN2. The van der Waals surface area contributed by atoms with Crippen molar-refractivity contribution in [1.29, 1.82) is 0 Å². The lowest BCUT2D eigenvalue weighted by atomic mass is 10.1. The number of H-pyrrole nitrogens is 1. The molecule has 0 fully saturated rings. The summed E-state index contributed by atoms with van der Waals surface area (Å²) in [7, 11) is 0. The van der Waals surface area contributed by atoms with Crippen LogP contribution in [0.1, 0.15) is 18.5 Å². The van der Waals surface area contributed by atoms with Crippen molar-refractivity contribution in [2.24, 2.45) is 5.73 Å². The number of nitrogens with one attached hydrogen (secondary N) is 1. The molecule has 1 heterocycles. The average Bonchev–Trinajstić information content (AvgIpc) is 2.46. The van der Waals surface area contributed by atoms with Crippen molar-refractivity contribution in [3.05, 3.63) is 35.8 Å². The number of rotatable bonds is 1. The molecule has 0 spiro atoms. The van der Waals surface area contributed by atoms with Gasteiger partial charge in [0.05, 0.1) is 0 Å². The smallest absolute Gasteiger partial charge is 0.125 e. The summed E-state index contributed by atoms with van der Waals surface area (Å²) in [6, 6.07) is 4.64. The van der Waals surface area contributed by atoms with E-state index in [1.807, 2.05) is 13.1 Å². The number of benzene rings is 1. The Morgan fingerprint density at radius 2 is 2.23 bits per heavy atom. The van der Waals surface area contributed by atoms with Gasteiger partial charge in [-0.1, -0.05) is 0 Å². The van der Waals surface area contributed by atoms with Crippen molar-refractivity contribution in [2.45, 2.75) is 13.0 Å². The molecular weight excluding hydrogens is 167 g/mol. The molecule has 3 N–H and O–H groups in total. The third-order valence-electron chi connectivity index (χ3n) is 2.17. The highest BCUT2D eigenvalue weighted by molar-refractivity contribution is 5.83. The summed E-state index contributed by atoms with van der Waals surface area (Å²) in [6.07, 6.45) is 1.83. The van der Waals surface area contributed by atoms with E-state index in [0.717, 1.165) is 16.5 Å². The first-order valence-corrected chi connectivity index (χ1v) is 4.20. The fourth-order valence-electron chi connectivity index (χ4n) is 1.50. The summed E-state index contributed by atoms with van der Waals surface area (Å²) in [5.41, 5.74) is 7.57. The number of nitrogens with two attached hydrogens (primary N) is 1. The monoisotopic (exact) mass is 178 g/mol. The quantitative estimate of drug-likeness (QED) is 0.691. The zero-order chi connectivity index (χ0) is 9.42. The third kappa shape index (κ3) is 1.31. The van der Waals surface area contributed by atoms with E-state index >= 15 is 0 Å². The Kier molecular flexibility index (Phi) is 1.81. The van der Waals surface area contributed by atoms with Crippen LogP contribution in [0, 0.1) is 5.82 Å². The summed E-state index contributed by atoms with van der Waals surface area (Å²) >= 11 is 0. The van der Waals surface area contributed by atoms with E-state index in [1.165, 1.54) is 12.1 Å². The number of hydrogen-bond acceptors (Lipinski definition) is 1. The van der Waals surface area contributed by atoms with Gasteiger partial charge in [-0.15, -0.1) is 0 Å². The van der Waals surface area contributed by atoms with E-state index in [4.69, 9.17) is 5.73 Å². The molecule has 0 amide bonds. The van der Waals surface area contributed by atoms with E-state index < -0.39 is 0 Å². The normalized spacial score (nSPS) is 13.5. The van der Waals surface area contributed by atoms with Crippen LogP contribution in [0.25, 0.3) is 10.9 Å². The number of aromatic amines is 1. The Morgan fingerprint density at radius 3 is 2.92 bits per heavy atom. The summed E-state index contributed by atoms with van der Waals surface area (Å²) in [6.45, 7) is 1.91. The van der Waals surface area contributed by atoms with Crippen LogP contribution in [-0.4, -0.2) is 4.98 Å². The van der Waals surface area contributed by atoms with E-state index in [0.29, 0.717) is 0 Å². The highest BCUT2D eigenvalue weighted by atomic mass is 19.1. The van der Waals surface area contributed by atoms with Crippen molar-refractivity contribution in [3.63, 3.8) is 0 Å². The number of aromatic nitrogens is 1. The van der Waals surface area contributed by atoms with Gasteiger partial charge in [-0.25, -0.2) is 4.39 Å². The Bertz CT molecular complexity index is 431. The highest BCUT2D eigenvalue weighted by Crippen LogP contribution is 2.22. The van der Waals surface area contributed by atoms with Crippen LogP contribution in [0.15, 0.2) is 24.4 Å². The van der Waals surface area contributed by atoms with Crippen molar-refractivity contribution >= 4 is 10.9 Å². The fourth-order valence-corrected chi connectivity index (χ4v) is 1.50. The SMILES string of the molecule is C[C@@H](N)c1c[nH]c2cc(F)ccc12. The number of hydrogen-bond donors (Lipinski definition) is 2. The van der Waals surface area contributed by atoms with Crippen LogP contribution in [-0.2, 0) is 0 Å². The minimum absolute atomic E-state index is 0.0285. The number of fused-ring (bicyclic) bond motifs is 1. The van der Waals surface area contributed by atoms with Crippen LogP contribution >= 0.6 is 0 Å². The molecule has 1 atom stereocenters. The molecule has 1 aromatic carbocycles. The van der Waals surface area contributed by atoms with Gasteiger partial charge < -0.3 is 10.7 Å². The van der Waals surface area contributed by atoms with Crippen molar-refractivity contribution in [2.75, 3.05) is 0 Å². The van der Waals surface area contributed by atoms with E-state index in [9.17, 15) is 4.39 Å². The summed E-state index contributed by atoms with van der Waals surface area (Å²) in [5.74, 6) is -0.231. The minimum Gasteiger partial charge on any atom is -0.361 e. The summed E-state index contributed by atoms with van der Waals surface area (Å²) in [5, 5.41) is 0.997. The van der Waals surface area contributed by atoms with Crippen LogP contribution < -0.4 is 5.73 Å². The molecule has 2 nitrogen and oxygen atoms in total. The Morgan fingerprint density at radius 1 is 1.46 bits per heavy atom. The number of halogens is 1. The van der Waals surface area contributed by atoms with Gasteiger partial charge in [0.1, 0.15) is 5.82 Å². The van der Waals surface area contributed by atoms with Crippen LogP contribution in [0.4, 0.5) is 4.39 Å². The Hall–Kier alpha value is -1.35. The van der Waals surface area contributed by atoms with Crippen LogP contribution in [0.2, 0.25) is 0 Å². The minimum atomic E-state index is -0.231. The Labute approximate surface area is 75.6 Å². The molecule has 0 saturated heterocycles. The molecule has 68 valence electrons. The molecule has 0 bridgehead atoms. The average molecular weight is 178 g/mol. The zero-order valence-corrected chi connectivity index (χ0v) is 7.34. The molecule has 2 rings (SSSR count). The first-order valence-electron chi connectivity index (χ1n) is 4.20. The van der Waals surface area contributed by atoms with Gasteiger partial charge in [-0.05, 0) is 30.7 Å². The first kappa shape index (κ1) is 8.26. The molecule has 1 aromatic heterocycles. The summed E-state index contributed by atoms with van der Waals surface area (Å²) in [4.78, 5) is 2.99. The first-order chi connectivity index (χ1) is 6.18. The van der Waals surface area contributed by atoms with E-state index in [-0.39, 0.29) is 11.9 Å². The van der Waals surface area contributed by atoms with Gasteiger partial charge in [0.15, 0.2) is 0 Å². The Balaban J connectivity index is 2.69. The van der Waals surface area contributed by atoms with Gasteiger partial charge in [-0.2, -0.15) is 0 Å². The van der Waals surface area contributed by atoms with Crippen LogP contribution in [0.3, 0.4) is 0 Å². The molecule has 0 saturated carbocycles. The maximum Gasteiger partial charge on any atom is 0.125 e. The van der Waals surface area contributed by atoms with E-state index in [2.05, 4.69) is 4.98 Å². The van der Waals surface area contributed by atoms with Crippen molar-refractivity contribution in [1.82, 2.24) is 4.98 Å². The molecule has 3 heteroatoms. The standard InChI is InChI=1S/C10H11FN2/c1-6(12)9-5-13-10-4-7(11)2-3-8(9)10/h2-6,13H,12H2,1H3/t6-/m1/s1. The zero-order valence-electron chi connectivity index (χ0n) is 7.34. The van der Waals surface area contributed by atoms with Gasteiger partial charge >= 0.3 is 0 Å². The second-order valence-corrected chi connectivity index (χ2v) is 3.22. The molecule has 2 aromatic rings. The second kappa shape index (κ2) is 2.85. The lowest BCUT2D eigenvalue weighted by molar-refractivity contribution is 0.629. The van der Waals surface area contributed by atoms with Crippen molar-refractivity contribution in [3.8, 4) is 0 Å². The predicted molar refractivity (Wildman–Crippen MR) is 50.9 cm³/mol. The molecule has 0 unspecified atom stereocenters. The van der Waals surface area contributed by atoms with Gasteiger partial charge in [0.2, 0.25) is 0 Å². The lowest BCUT2D eigenvalue weighted by Crippen LogP contribution is -2.03. The molecule has 0 aliphatic heterocycles. The maximum absolute atomic E-state index is 12.8. The second-order valence-electron chi connectivity index (χ2n) is 3.22. The van der Waals surface area contributed by atoms with E-state index in [1.54, 1.807) is 6.07 Å². The highest BCUT2D eigenvalue weighted by Gasteiger charge is 2.07. The van der Waals surface area contributed by atoms with Gasteiger partial charge in [-0.3, -0.25) is 0 Å². The third-order valence-corrected chi connectivity index (χ3v) is 2.17. The molecule has 0 radical (unpaired) electrons. The molecule has 0 aliphatic rings. The maximum atomic E-state index is 12.8. The molecule has 13 heavy (non-hydrogen) atoms.